The third-order valence-electron chi connectivity index (χ3n) is 7.76. The van der Waals surface area contributed by atoms with Crippen molar-refractivity contribution in [3.05, 3.63) is 83.6 Å². The van der Waals surface area contributed by atoms with Crippen molar-refractivity contribution in [3.8, 4) is 17.6 Å². The highest BCUT2D eigenvalue weighted by atomic mass is 32.2. The van der Waals surface area contributed by atoms with Crippen LogP contribution in [-0.4, -0.2) is 58.3 Å². The minimum atomic E-state index is -0.261. The molecule has 2 unspecified atom stereocenters. The number of nitriles is 1. The fourth-order valence-corrected chi connectivity index (χ4v) is 7.23. The molecule has 1 saturated heterocycles. The molecule has 2 aromatic carbocycles. The summed E-state index contributed by atoms with van der Waals surface area (Å²) in [5.41, 5.74) is 3.46. The Bertz CT molecular complexity index is 1640. The first-order valence-electron chi connectivity index (χ1n) is 14.4. The fourth-order valence-electron chi connectivity index (χ4n) is 5.82. The smallest absolute Gasteiger partial charge is 0.327 e. The highest BCUT2D eigenvalue weighted by molar-refractivity contribution is 8.00. The maximum Gasteiger partial charge on any atom is 0.327 e. The van der Waals surface area contributed by atoms with E-state index in [2.05, 4.69) is 21.3 Å². The van der Waals surface area contributed by atoms with Crippen molar-refractivity contribution in [2.45, 2.75) is 44.1 Å². The van der Waals surface area contributed by atoms with Crippen LogP contribution in [-0.2, 0) is 4.79 Å². The third-order valence-corrected chi connectivity index (χ3v) is 9.12. The van der Waals surface area contributed by atoms with E-state index in [1.165, 1.54) is 0 Å². The molecule has 0 radical (unpaired) electrons. The lowest BCUT2D eigenvalue weighted by molar-refractivity contribution is -0.128. The Hall–Kier alpha value is -4.33. The van der Waals surface area contributed by atoms with E-state index in [0.717, 1.165) is 33.3 Å². The van der Waals surface area contributed by atoms with Gasteiger partial charge in [-0.1, -0.05) is 56.8 Å². The van der Waals surface area contributed by atoms with E-state index in [-0.39, 0.29) is 34.3 Å². The van der Waals surface area contributed by atoms with Gasteiger partial charge in [0.05, 0.1) is 22.8 Å². The maximum absolute atomic E-state index is 13.7. The standard InChI is InChI=1S/C33H34N6O3S/c1-21-18-24(42-23-8-6-5-7-9-23)10-11-25(21)39-26-12-13-35-29-27(26)28(36-32(39)41)31(43-29)38-16-14-37(15-17-38)30(40)22(20-34)19-33(2,3)4/h5-13,18-19,28,31H,14-17H2,1-4H3,(H,36,41)/b22-19+. The number of benzene rings is 2. The number of carbonyl (C=O) groups excluding carboxylic acids is 2. The number of nitrogens with zero attached hydrogens (tertiary/aromatic N) is 5. The number of rotatable bonds is 5. The van der Waals surface area contributed by atoms with Crippen LogP contribution in [0.4, 0.5) is 16.2 Å². The molecule has 43 heavy (non-hydrogen) atoms. The summed E-state index contributed by atoms with van der Waals surface area (Å²) < 4.78 is 6.01. The van der Waals surface area contributed by atoms with Crippen molar-refractivity contribution in [1.29, 1.82) is 5.26 Å². The molecule has 9 nitrogen and oxygen atoms in total. The van der Waals surface area contributed by atoms with Crippen molar-refractivity contribution in [1.82, 2.24) is 20.1 Å². The number of hydrogen-bond acceptors (Lipinski definition) is 7. The summed E-state index contributed by atoms with van der Waals surface area (Å²) in [6.07, 6.45) is 3.50. The molecule has 1 aromatic heterocycles. The number of allylic oxidation sites excluding steroid dienone is 1. The van der Waals surface area contributed by atoms with Crippen LogP contribution in [0, 0.1) is 23.7 Å². The van der Waals surface area contributed by atoms with Crippen LogP contribution in [0.5, 0.6) is 11.5 Å². The Kier molecular flexibility index (Phi) is 7.63. The summed E-state index contributed by atoms with van der Waals surface area (Å²) in [4.78, 5) is 37.2. The summed E-state index contributed by atoms with van der Waals surface area (Å²) >= 11 is 1.65. The first-order chi connectivity index (χ1) is 20.6. The monoisotopic (exact) mass is 594 g/mol. The van der Waals surface area contributed by atoms with Crippen molar-refractivity contribution >= 4 is 35.1 Å². The molecule has 3 amide bonds. The summed E-state index contributed by atoms with van der Waals surface area (Å²) in [5, 5.41) is 13.7. The molecule has 6 rings (SSSR count). The van der Waals surface area contributed by atoms with E-state index in [9.17, 15) is 14.9 Å². The van der Waals surface area contributed by atoms with E-state index in [0.29, 0.717) is 31.9 Å². The molecule has 2 atom stereocenters. The average Bonchev–Trinajstić information content (AvgIpc) is 3.36. The number of aromatic nitrogens is 1. The molecule has 4 heterocycles. The van der Waals surface area contributed by atoms with Crippen LogP contribution in [0.25, 0.3) is 0 Å². The predicted octanol–water partition coefficient (Wildman–Crippen LogP) is 6.16. The second-order valence-electron chi connectivity index (χ2n) is 12.0. The molecule has 3 aliphatic rings. The number of urea groups is 1. The van der Waals surface area contributed by atoms with Gasteiger partial charge < -0.3 is 15.0 Å². The molecule has 0 saturated carbocycles. The molecule has 1 fully saturated rings. The summed E-state index contributed by atoms with van der Waals surface area (Å²) in [6.45, 7) is 10.2. The average molecular weight is 595 g/mol. The number of anilines is 2. The van der Waals surface area contributed by atoms with E-state index in [1.807, 2.05) is 82.3 Å². The van der Waals surface area contributed by atoms with Crippen molar-refractivity contribution in [3.63, 3.8) is 0 Å². The van der Waals surface area contributed by atoms with Gasteiger partial charge in [-0.25, -0.2) is 9.78 Å². The number of thioether (sulfide) groups is 1. The zero-order chi connectivity index (χ0) is 30.3. The molecule has 3 aliphatic heterocycles. The Morgan fingerprint density at radius 3 is 2.49 bits per heavy atom. The SMILES string of the molecule is Cc1cc(Oc2ccccc2)ccc1N1C(=O)NC2c3c1ccnc3SC2N1CCN(C(=O)/C(C#N)=C/C(C)(C)C)CC1. The number of piperazine rings is 1. The Morgan fingerprint density at radius 2 is 1.81 bits per heavy atom. The van der Waals surface area contributed by atoms with Crippen molar-refractivity contribution < 1.29 is 14.3 Å². The lowest BCUT2D eigenvalue weighted by Crippen LogP contribution is -2.55. The van der Waals surface area contributed by atoms with Gasteiger partial charge in [0.15, 0.2) is 0 Å². The quantitative estimate of drug-likeness (QED) is 0.279. The van der Waals surface area contributed by atoms with Crippen molar-refractivity contribution in [2.75, 3.05) is 31.1 Å². The molecular weight excluding hydrogens is 560 g/mol. The van der Waals surface area contributed by atoms with Gasteiger partial charge in [-0.2, -0.15) is 5.26 Å². The summed E-state index contributed by atoms with van der Waals surface area (Å²) in [5.74, 6) is 1.23. The third kappa shape index (κ3) is 5.70. The Morgan fingerprint density at radius 1 is 1.07 bits per heavy atom. The van der Waals surface area contributed by atoms with Crippen LogP contribution in [0.3, 0.4) is 0 Å². The van der Waals surface area contributed by atoms with Gasteiger partial charge in [0.25, 0.3) is 5.91 Å². The number of nitrogens with one attached hydrogen (secondary N) is 1. The van der Waals surface area contributed by atoms with E-state index >= 15 is 0 Å². The molecule has 0 aliphatic carbocycles. The topological polar surface area (TPSA) is 102 Å². The van der Waals surface area contributed by atoms with Gasteiger partial charge in [0, 0.05) is 37.9 Å². The van der Waals surface area contributed by atoms with Gasteiger partial charge in [-0.3, -0.25) is 14.6 Å². The first-order valence-corrected chi connectivity index (χ1v) is 15.3. The minimum Gasteiger partial charge on any atom is -0.457 e. The summed E-state index contributed by atoms with van der Waals surface area (Å²) in [6, 6.07) is 18.9. The number of para-hydroxylation sites is 1. The molecule has 10 heteroatoms. The Labute approximate surface area is 256 Å². The highest BCUT2D eigenvalue weighted by Crippen LogP contribution is 2.52. The molecule has 1 N–H and O–H groups in total. The largest absolute Gasteiger partial charge is 0.457 e. The van der Waals surface area contributed by atoms with Crippen LogP contribution < -0.4 is 15.0 Å². The lowest BCUT2D eigenvalue weighted by Gasteiger charge is -2.41. The molecule has 0 bridgehead atoms. The fraction of sp³-hybridized carbons (Fsp3) is 0.333. The van der Waals surface area contributed by atoms with Gasteiger partial charge in [-0.15, -0.1) is 0 Å². The number of aryl methyl sites for hydroxylation is 1. The number of amides is 3. The number of hydrogen-bond donors (Lipinski definition) is 1. The number of carbonyl (C=O) groups is 2. The van der Waals surface area contributed by atoms with Crippen molar-refractivity contribution in [2.24, 2.45) is 5.41 Å². The van der Waals surface area contributed by atoms with Gasteiger partial charge in [0.1, 0.15) is 28.2 Å². The lowest BCUT2D eigenvalue weighted by atomic mass is 9.93. The van der Waals surface area contributed by atoms with Crippen LogP contribution >= 0.6 is 11.8 Å². The van der Waals surface area contributed by atoms with E-state index in [4.69, 9.17) is 4.74 Å². The normalized spacial score (nSPS) is 20.3. The molecule has 220 valence electrons. The first kappa shape index (κ1) is 28.8. The molecule has 3 aromatic rings. The minimum absolute atomic E-state index is 0.0460. The van der Waals surface area contributed by atoms with Crippen LogP contribution in [0.1, 0.15) is 37.9 Å². The van der Waals surface area contributed by atoms with Crippen LogP contribution in [0.15, 0.2) is 77.5 Å². The zero-order valence-corrected chi connectivity index (χ0v) is 25.5. The van der Waals surface area contributed by atoms with Gasteiger partial charge in [-0.05, 0) is 54.3 Å². The Balaban J connectivity index is 1.20. The summed E-state index contributed by atoms with van der Waals surface area (Å²) in [7, 11) is 0. The second-order valence-corrected chi connectivity index (χ2v) is 13.2. The van der Waals surface area contributed by atoms with E-state index < -0.39 is 0 Å². The van der Waals surface area contributed by atoms with E-state index in [1.54, 1.807) is 33.8 Å². The predicted molar refractivity (Wildman–Crippen MR) is 166 cm³/mol. The van der Waals surface area contributed by atoms with Crippen LogP contribution in [0.2, 0.25) is 0 Å². The molecular formula is C33H34N6O3S. The molecule has 0 spiro atoms. The van der Waals surface area contributed by atoms with Gasteiger partial charge >= 0.3 is 6.03 Å². The maximum atomic E-state index is 13.7. The number of pyridine rings is 1. The number of ether oxygens (including phenoxy) is 1. The zero-order valence-electron chi connectivity index (χ0n) is 24.7. The van der Waals surface area contributed by atoms with Gasteiger partial charge in [0.2, 0.25) is 0 Å². The highest BCUT2D eigenvalue weighted by Gasteiger charge is 2.46. The second kappa shape index (κ2) is 11.4.